The lowest BCUT2D eigenvalue weighted by Gasteiger charge is -2.44. The lowest BCUT2D eigenvalue weighted by atomic mass is 9.75. The lowest BCUT2D eigenvalue weighted by Crippen LogP contribution is -2.55. The lowest BCUT2D eigenvalue weighted by molar-refractivity contribution is 0.237. The van der Waals surface area contributed by atoms with E-state index in [1.54, 1.807) is 0 Å². The summed E-state index contributed by atoms with van der Waals surface area (Å²) >= 11 is 3.66. The third kappa shape index (κ3) is 2.24. The van der Waals surface area contributed by atoms with E-state index in [9.17, 15) is 0 Å². The first-order valence-corrected chi connectivity index (χ1v) is 8.27. The van der Waals surface area contributed by atoms with Gasteiger partial charge in [0.25, 0.3) is 0 Å². The van der Waals surface area contributed by atoms with Crippen molar-refractivity contribution in [1.82, 2.24) is 0 Å². The van der Waals surface area contributed by atoms with Crippen LogP contribution in [0.15, 0.2) is 33.7 Å². The Labute approximate surface area is 129 Å². The maximum absolute atomic E-state index is 6.22. The molecule has 1 unspecified atom stereocenters. The van der Waals surface area contributed by atoms with E-state index in [1.165, 1.54) is 32.1 Å². The molecule has 1 aliphatic heterocycles. The van der Waals surface area contributed by atoms with Gasteiger partial charge in [-0.05, 0) is 53.7 Å². The van der Waals surface area contributed by atoms with Crippen LogP contribution in [0.25, 0.3) is 0 Å². The monoisotopic (exact) mass is 335 g/mol. The van der Waals surface area contributed by atoms with E-state index in [0.29, 0.717) is 11.9 Å². The number of anilines is 1. The Hall–Kier alpha value is -1.03. The minimum absolute atomic E-state index is 0.0222. The molecule has 1 aromatic rings. The van der Waals surface area contributed by atoms with Crippen LogP contribution in [0.1, 0.15) is 39.0 Å². The van der Waals surface area contributed by atoms with Gasteiger partial charge in [0.15, 0.2) is 5.96 Å². The number of halogens is 1. The van der Waals surface area contributed by atoms with Crippen molar-refractivity contribution in [3.05, 3.63) is 28.7 Å². The highest BCUT2D eigenvalue weighted by atomic mass is 79.9. The third-order valence-corrected chi connectivity index (χ3v) is 5.55. The largest absolute Gasteiger partial charge is 0.369 e. The molecule has 1 fully saturated rings. The molecule has 1 heterocycles. The number of benzene rings is 1. The molecule has 1 atom stereocenters. The SMILES string of the molecule is CC1(C2CCCCC2)CN=C(N)N1c1ccccc1Br. The smallest absolute Gasteiger partial charge is 0.196 e. The van der Waals surface area contributed by atoms with E-state index >= 15 is 0 Å². The highest BCUT2D eigenvalue weighted by Gasteiger charge is 2.45. The van der Waals surface area contributed by atoms with Crippen molar-refractivity contribution in [3.63, 3.8) is 0 Å². The van der Waals surface area contributed by atoms with Crippen LogP contribution in [0.3, 0.4) is 0 Å². The fraction of sp³-hybridized carbons (Fsp3) is 0.562. The first-order chi connectivity index (χ1) is 9.63. The average molecular weight is 336 g/mol. The standard InChI is InChI=1S/C16H22BrN3/c1-16(12-7-3-2-4-8-12)11-19-15(18)20(16)14-10-6-5-9-13(14)17/h5-6,9-10,12H,2-4,7-8,11H2,1H3,(H2,18,19). The molecule has 0 amide bonds. The molecule has 4 heteroatoms. The summed E-state index contributed by atoms with van der Waals surface area (Å²) in [6.07, 6.45) is 6.63. The second kappa shape index (κ2) is 5.40. The minimum Gasteiger partial charge on any atom is -0.369 e. The summed E-state index contributed by atoms with van der Waals surface area (Å²) in [5, 5.41) is 0. The van der Waals surface area contributed by atoms with Crippen molar-refractivity contribution >= 4 is 27.6 Å². The van der Waals surface area contributed by atoms with Crippen LogP contribution in [-0.4, -0.2) is 18.0 Å². The van der Waals surface area contributed by atoms with Crippen LogP contribution in [0.2, 0.25) is 0 Å². The maximum atomic E-state index is 6.22. The van der Waals surface area contributed by atoms with Gasteiger partial charge in [-0.2, -0.15) is 0 Å². The number of aliphatic imine (C=N–C) groups is 1. The van der Waals surface area contributed by atoms with Crippen molar-refractivity contribution in [3.8, 4) is 0 Å². The van der Waals surface area contributed by atoms with Gasteiger partial charge in [0.1, 0.15) is 0 Å². The van der Waals surface area contributed by atoms with Crippen LogP contribution < -0.4 is 10.6 Å². The van der Waals surface area contributed by atoms with Crippen LogP contribution in [0.5, 0.6) is 0 Å². The number of hydrogen-bond donors (Lipinski definition) is 1. The van der Waals surface area contributed by atoms with Gasteiger partial charge in [-0.3, -0.25) is 4.99 Å². The molecule has 108 valence electrons. The fourth-order valence-electron chi connectivity index (χ4n) is 3.71. The zero-order valence-electron chi connectivity index (χ0n) is 12.0. The molecular weight excluding hydrogens is 314 g/mol. The number of para-hydroxylation sites is 1. The maximum Gasteiger partial charge on any atom is 0.196 e. The Morgan fingerprint density at radius 3 is 2.65 bits per heavy atom. The topological polar surface area (TPSA) is 41.6 Å². The van der Waals surface area contributed by atoms with Crippen molar-refractivity contribution in [2.24, 2.45) is 16.6 Å². The van der Waals surface area contributed by atoms with Crippen LogP contribution in [0, 0.1) is 5.92 Å². The second-order valence-corrected chi connectivity index (χ2v) is 7.01. The first kappa shape index (κ1) is 13.9. The number of hydrogen-bond acceptors (Lipinski definition) is 3. The molecule has 0 spiro atoms. The van der Waals surface area contributed by atoms with Gasteiger partial charge in [-0.15, -0.1) is 0 Å². The van der Waals surface area contributed by atoms with Gasteiger partial charge in [-0.25, -0.2) is 0 Å². The molecule has 2 aliphatic rings. The minimum atomic E-state index is 0.0222. The summed E-state index contributed by atoms with van der Waals surface area (Å²) in [7, 11) is 0. The molecule has 0 radical (unpaired) electrons. The van der Waals surface area contributed by atoms with E-state index in [-0.39, 0.29) is 5.54 Å². The number of guanidine groups is 1. The average Bonchev–Trinajstić information content (AvgIpc) is 2.78. The predicted octanol–water partition coefficient (Wildman–Crippen LogP) is 3.92. The summed E-state index contributed by atoms with van der Waals surface area (Å²) in [4.78, 5) is 6.82. The van der Waals surface area contributed by atoms with Crippen LogP contribution >= 0.6 is 15.9 Å². The molecule has 1 aromatic carbocycles. The number of rotatable bonds is 2. The fourth-order valence-corrected chi connectivity index (χ4v) is 4.17. The van der Waals surface area contributed by atoms with E-state index in [2.05, 4.69) is 50.9 Å². The summed E-state index contributed by atoms with van der Waals surface area (Å²) in [5.74, 6) is 1.33. The highest BCUT2D eigenvalue weighted by Crippen LogP contribution is 2.42. The Kier molecular flexibility index (Phi) is 3.76. The second-order valence-electron chi connectivity index (χ2n) is 6.15. The van der Waals surface area contributed by atoms with Crippen LogP contribution in [0.4, 0.5) is 5.69 Å². The van der Waals surface area contributed by atoms with Crippen molar-refractivity contribution in [2.45, 2.75) is 44.6 Å². The molecule has 1 saturated carbocycles. The molecular formula is C16H22BrN3. The van der Waals surface area contributed by atoms with Gasteiger partial charge in [0.2, 0.25) is 0 Å². The van der Waals surface area contributed by atoms with Crippen molar-refractivity contribution in [2.75, 3.05) is 11.4 Å². The quantitative estimate of drug-likeness (QED) is 0.889. The number of nitrogens with zero attached hydrogens (tertiary/aromatic N) is 2. The van der Waals surface area contributed by atoms with Gasteiger partial charge < -0.3 is 10.6 Å². The van der Waals surface area contributed by atoms with Gasteiger partial charge >= 0.3 is 0 Å². The van der Waals surface area contributed by atoms with E-state index in [1.807, 2.05) is 6.07 Å². The molecule has 3 rings (SSSR count). The van der Waals surface area contributed by atoms with E-state index < -0.39 is 0 Å². The summed E-state index contributed by atoms with van der Waals surface area (Å²) < 4.78 is 1.09. The zero-order valence-corrected chi connectivity index (χ0v) is 13.6. The molecule has 0 aromatic heterocycles. The summed E-state index contributed by atoms with van der Waals surface area (Å²) in [6.45, 7) is 3.14. The predicted molar refractivity (Wildman–Crippen MR) is 88.1 cm³/mol. The van der Waals surface area contributed by atoms with Crippen molar-refractivity contribution < 1.29 is 0 Å². The first-order valence-electron chi connectivity index (χ1n) is 7.47. The normalized spacial score (nSPS) is 27.7. The Morgan fingerprint density at radius 1 is 1.25 bits per heavy atom. The van der Waals surface area contributed by atoms with Gasteiger partial charge in [-0.1, -0.05) is 31.4 Å². The highest BCUT2D eigenvalue weighted by molar-refractivity contribution is 9.10. The third-order valence-electron chi connectivity index (χ3n) is 4.88. The Morgan fingerprint density at radius 2 is 1.95 bits per heavy atom. The molecule has 3 nitrogen and oxygen atoms in total. The van der Waals surface area contributed by atoms with Crippen LogP contribution in [-0.2, 0) is 0 Å². The molecule has 1 aliphatic carbocycles. The molecule has 20 heavy (non-hydrogen) atoms. The van der Waals surface area contributed by atoms with Gasteiger partial charge in [0.05, 0.1) is 17.8 Å². The summed E-state index contributed by atoms with van der Waals surface area (Å²) in [5.41, 5.74) is 7.38. The van der Waals surface area contributed by atoms with Crippen molar-refractivity contribution in [1.29, 1.82) is 0 Å². The Balaban J connectivity index is 1.97. The number of nitrogens with two attached hydrogens (primary N) is 1. The molecule has 2 N–H and O–H groups in total. The zero-order chi connectivity index (χ0) is 14.2. The molecule has 0 bridgehead atoms. The Bertz CT molecular complexity index is 522. The van der Waals surface area contributed by atoms with Gasteiger partial charge in [0, 0.05) is 4.47 Å². The molecule has 0 saturated heterocycles. The summed E-state index contributed by atoms with van der Waals surface area (Å²) in [6, 6.07) is 8.29. The van der Waals surface area contributed by atoms with E-state index in [0.717, 1.165) is 16.7 Å². The van der Waals surface area contributed by atoms with E-state index in [4.69, 9.17) is 5.73 Å².